The second kappa shape index (κ2) is 9.30. The molecule has 9 heteroatoms. The minimum atomic E-state index is -0.109. The lowest BCUT2D eigenvalue weighted by molar-refractivity contribution is 0.0714. The van der Waals surface area contributed by atoms with Gasteiger partial charge in [-0.25, -0.2) is 0 Å². The van der Waals surface area contributed by atoms with Crippen LogP contribution >= 0.6 is 11.6 Å². The second-order valence-corrected chi connectivity index (χ2v) is 8.67. The first-order valence-corrected chi connectivity index (χ1v) is 11.4. The summed E-state index contributed by atoms with van der Waals surface area (Å²) in [4.78, 5) is 15.2. The van der Waals surface area contributed by atoms with Crippen LogP contribution in [0.2, 0.25) is 5.02 Å². The molecule has 0 bridgehead atoms. The van der Waals surface area contributed by atoms with Gasteiger partial charge in [0.1, 0.15) is 18.1 Å². The van der Waals surface area contributed by atoms with E-state index in [1.165, 1.54) is 0 Å². The third kappa shape index (κ3) is 4.68. The van der Waals surface area contributed by atoms with Gasteiger partial charge in [-0.15, -0.1) is 10.2 Å². The molecule has 1 aliphatic rings. The summed E-state index contributed by atoms with van der Waals surface area (Å²) in [7, 11) is 0. The average Bonchev–Trinajstić information content (AvgIpc) is 3.50. The van der Waals surface area contributed by atoms with Crippen LogP contribution in [0.3, 0.4) is 0 Å². The van der Waals surface area contributed by atoms with Crippen molar-refractivity contribution in [1.29, 1.82) is 0 Å². The van der Waals surface area contributed by atoms with Crippen LogP contribution in [-0.2, 0) is 13.2 Å². The summed E-state index contributed by atoms with van der Waals surface area (Å²) in [5, 5.41) is 12.7. The first-order valence-electron chi connectivity index (χ1n) is 11.0. The number of benzene rings is 2. The molecular formula is C25H23ClN4O4. The summed E-state index contributed by atoms with van der Waals surface area (Å²) in [5.41, 5.74) is 2.90. The predicted octanol–water partition coefficient (Wildman–Crippen LogP) is 5.38. The monoisotopic (exact) mass is 478 g/mol. The van der Waals surface area contributed by atoms with Crippen LogP contribution in [0, 0.1) is 13.8 Å². The Labute approximate surface area is 201 Å². The molecule has 2 aromatic heterocycles. The average molecular weight is 479 g/mol. The van der Waals surface area contributed by atoms with E-state index in [0.29, 0.717) is 40.3 Å². The minimum absolute atomic E-state index is 0.109. The molecule has 1 amide bonds. The van der Waals surface area contributed by atoms with Gasteiger partial charge < -0.3 is 18.6 Å². The van der Waals surface area contributed by atoms with Crippen LogP contribution in [0.4, 0.5) is 0 Å². The van der Waals surface area contributed by atoms with Gasteiger partial charge in [-0.05, 0) is 57.0 Å². The van der Waals surface area contributed by atoms with E-state index in [1.807, 2.05) is 44.2 Å². The molecule has 0 unspecified atom stereocenters. The molecule has 0 radical (unpaired) electrons. The zero-order valence-corrected chi connectivity index (χ0v) is 19.6. The van der Waals surface area contributed by atoms with Gasteiger partial charge >= 0.3 is 0 Å². The maximum absolute atomic E-state index is 13.4. The first-order chi connectivity index (χ1) is 16.5. The zero-order valence-electron chi connectivity index (χ0n) is 18.8. The molecule has 0 saturated heterocycles. The van der Waals surface area contributed by atoms with Crippen LogP contribution in [-0.4, -0.2) is 32.2 Å². The summed E-state index contributed by atoms with van der Waals surface area (Å²) in [6.07, 6.45) is 1.89. The summed E-state index contributed by atoms with van der Waals surface area (Å²) >= 11 is 6.24. The van der Waals surface area contributed by atoms with Gasteiger partial charge in [0.15, 0.2) is 0 Å². The molecule has 174 valence electrons. The van der Waals surface area contributed by atoms with E-state index >= 15 is 0 Å². The number of aromatic nitrogens is 3. The standard InChI is InChI=1S/C25H23ClN4O4/c1-15-21(16(2)34-29-15)14-32-19-7-5-6-17(12-19)25(31)30(18-10-11-18)13-23-27-28-24(33-23)20-8-3-4-9-22(20)26/h3-9,12,18H,10-11,13-14H2,1-2H3. The molecule has 0 spiro atoms. The van der Waals surface area contributed by atoms with E-state index in [9.17, 15) is 4.79 Å². The fourth-order valence-corrected chi connectivity index (χ4v) is 3.92. The molecule has 0 atom stereocenters. The number of rotatable bonds is 8. The molecule has 2 heterocycles. The third-order valence-corrected chi connectivity index (χ3v) is 6.10. The number of hydrogen-bond acceptors (Lipinski definition) is 7. The smallest absolute Gasteiger partial charge is 0.254 e. The Hall–Kier alpha value is -3.65. The molecule has 0 aliphatic heterocycles. The zero-order chi connectivity index (χ0) is 23.7. The largest absolute Gasteiger partial charge is 0.489 e. The minimum Gasteiger partial charge on any atom is -0.489 e. The highest BCUT2D eigenvalue weighted by Gasteiger charge is 2.34. The highest BCUT2D eigenvalue weighted by atomic mass is 35.5. The molecule has 34 heavy (non-hydrogen) atoms. The number of carbonyl (C=O) groups is 1. The Balaban J connectivity index is 1.31. The van der Waals surface area contributed by atoms with Gasteiger partial charge in [0.25, 0.3) is 5.91 Å². The Kier molecular flexibility index (Phi) is 6.06. The van der Waals surface area contributed by atoms with Crippen molar-refractivity contribution in [2.75, 3.05) is 0 Å². The number of ether oxygens (including phenoxy) is 1. The number of carbonyl (C=O) groups excluding carboxylic acids is 1. The fourth-order valence-electron chi connectivity index (χ4n) is 3.71. The third-order valence-electron chi connectivity index (χ3n) is 5.77. The van der Waals surface area contributed by atoms with Gasteiger partial charge in [-0.2, -0.15) is 0 Å². The van der Waals surface area contributed by atoms with Crippen LogP contribution < -0.4 is 4.74 Å². The van der Waals surface area contributed by atoms with Gasteiger partial charge in [0.2, 0.25) is 11.8 Å². The SMILES string of the molecule is Cc1noc(C)c1COc1cccc(C(=O)N(Cc2nnc(-c3ccccc3Cl)o2)C2CC2)c1. The van der Waals surface area contributed by atoms with Crippen LogP contribution in [0.15, 0.2) is 57.5 Å². The Bertz CT molecular complexity index is 1310. The summed E-state index contributed by atoms with van der Waals surface area (Å²) < 4.78 is 16.9. The van der Waals surface area contributed by atoms with Gasteiger partial charge in [0.05, 0.1) is 28.4 Å². The lowest BCUT2D eigenvalue weighted by Crippen LogP contribution is -2.32. The number of amides is 1. The summed E-state index contributed by atoms with van der Waals surface area (Å²) in [6.45, 7) is 4.27. The van der Waals surface area contributed by atoms with Crippen LogP contribution in [0.1, 0.15) is 46.1 Å². The van der Waals surface area contributed by atoms with Gasteiger partial charge in [-0.3, -0.25) is 4.79 Å². The van der Waals surface area contributed by atoms with Crippen molar-refractivity contribution in [2.24, 2.45) is 0 Å². The molecule has 4 aromatic rings. The Morgan fingerprint density at radius 3 is 2.71 bits per heavy atom. The quantitative estimate of drug-likeness (QED) is 0.335. The van der Waals surface area contributed by atoms with Crippen molar-refractivity contribution in [3.05, 3.63) is 82.0 Å². The fraction of sp³-hybridized carbons (Fsp3) is 0.280. The topological polar surface area (TPSA) is 94.5 Å². The molecule has 0 N–H and O–H groups in total. The molecule has 8 nitrogen and oxygen atoms in total. The predicted molar refractivity (Wildman–Crippen MR) is 124 cm³/mol. The maximum atomic E-state index is 13.4. The van der Waals surface area contributed by atoms with Gasteiger partial charge in [-0.1, -0.05) is 35.0 Å². The van der Waals surface area contributed by atoms with Crippen molar-refractivity contribution >= 4 is 17.5 Å². The molecular weight excluding hydrogens is 456 g/mol. The van der Waals surface area contributed by atoms with E-state index in [-0.39, 0.29) is 18.5 Å². The van der Waals surface area contributed by atoms with Crippen molar-refractivity contribution in [3.8, 4) is 17.2 Å². The van der Waals surface area contributed by atoms with E-state index < -0.39 is 0 Å². The molecule has 1 saturated carbocycles. The van der Waals surface area contributed by atoms with Crippen molar-refractivity contribution < 1.29 is 18.5 Å². The van der Waals surface area contributed by atoms with E-state index in [1.54, 1.807) is 23.1 Å². The Morgan fingerprint density at radius 2 is 1.97 bits per heavy atom. The number of hydrogen-bond donors (Lipinski definition) is 0. The highest BCUT2D eigenvalue weighted by molar-refractivity contribution is 6.33. The van der Waals surface area contributed by atoms with Crippen molar-refractivity contribution in [1.82, 2.24) is 20.3 Å². The van der Waals surface area contributed by atoms with Crippen molar-refractivity contribution in [2.45, 2.75) is 45.9 Å². The van der Waals surface area contributed by atoms with E-state index in [0.717, 1.165) is 29.9 Å². The first kappa shape index (κ1) is 22.2. The maximum Gasteiger partial charge on any atom is 0.254 e. The summed E-state index contributed by atoms with van der Waals surface area (Å²) in [5.74, 6) is 1.91. The van der Waals surface area contributed by atoms with E-state index in [2.05, 4.69) is 15.4 Å². The Morgan fingerprint density at radius 1 is 1.15 bits per heavy atom. The number of halogens is 1. The highest BCUT2D eigenvalue weighted by Crippen LogP contribution is 2.32. The van der Waals surface area contributed by atoms with E-state index in [4.69, 9.17) is 25.3 Å². The van der Waals surface area contributed by atoms with Gasteiger partial charge in [0, 0.05) is 11.6 Å². The number of nitrogens with zero attached hydrogens (tertiary/aromatic N) is 4. The number of aryl methyl sites for hydroxylation is 2. The lowest BCUT2D eigenvalue weighted by atomic mass is 10.1. The van der Waals surface area contributed by atoms with Crippen LogP contribution in [0.25, 0.3) is 11.5 Å². The molecule has 5 rings (SSSR count). The van der Waals surface area contributed by atoms with Crippen LogP contribution in [0.5, 0.6) is 5.75 Å². The molecule has 2 aromatic carbocycles. The molecule has 1 fully saturated rings. The summed E-state index contributed by atoms with van der Waals surface area (Å²) in [6, 6.07) is 14.6. The molecule has 1 aliphatic carbocycles. The second-order valence-electron chi connectivity index (χ2n) is 8.26. The lowest BCUT2D eigenvalue weighted by Gasteiger charge is -2.21. The normalized spacial score (nSPS) is 13.1. The van der Waals surface area contributed by atoms with Crippen molar-refractivity contribution in [3.63, 3.8) is 0 Å².